The van der Waals surface area contributed by atoms with Gasteiger partial charge in [0.15, 0.2) is 0 Å². The summed E-state index contributed by atoms with van der Waals surface area (Å²) in [6.07, 6.45) is 0.934. The van der Waals surface area contributed by atoms with Crippen LogP contribution >= 0.6 is 12.2 Å². The predicted molar refractivity (Wildman–Crippen MR) is 29.6 cm³/mol. The largest absolute Gasteiger partial charge is 0.227 e. The molecule has 0 aromatic carbocycles. The monoisotopic (exact) mass is 100 g/mol. The molecule has 0 rings (SSSR count). The predicted octanol–water partition coefficient (Wildman–Crippen LogP) is 1.66. The van der Waals surface area contributed by atoms with Gasteiger partial charge in [-0.3, -0.25) is 0 Å². The number of thiocarbonyl (C=S) groups is 1. The highest BCUT2D eigenvalue weighted by atomic mass is 32.1. The van der Waals surface area contributed by atoms with Crippen LogP contribution in [0.2, 0.25) is 0 Å². The number of nitrogens with zero attached hydrogens (tertiary/aromatic N) is 1. The first-order valence-electron chi connectivity index (χ1n) is 1.80. The van der Waals surface area contributed by atoms with E-state index in [1.165, 1.54) is 0 Å². The van der Waals surface area contributed by atoms with Crippen molar-refractivity contribution in [3.05, 3.63) is 6.54 Å². The molecule has 6 heavy (non-hydrogen) atoms. The van der Waals surface area contributed by atoms with Crippen LogP contribution in [0.15, 0.2) is 4.99 Å². The van der Waals surface area contributed by atoms with Crippen LogP contribution in [-0.2, 0) is 0 Å². The number of aliphatic imine (C=N–C) groups is 1. The molecule has 0 aromatic rings. The summed E-state index contributed by atoms with van der Waals surface area (Å²) in [7, 11) is 0. The van der Waals surface area contributed by atoms with Gasteiger partial charge in [0, 0.05) is 0 Å². The van der Waals surface area contributed by atoms with Crippen molar-refractivity contribution in [1.29, 1.82) is 0 Å². The molecular weight excluding hydrogens is 94.1 g/mol. The van der Waals surface area contributed by atoms with Crippen molar-refractivity contribution in [2.45, 2.75) is 13.3 Å². The third-order valence-electron chi connectivity index (χ3n) is 0.327. The molecule has 0 aliphatic heterocycles. The van der Waals surface area contributed by atoms with E-state index < -0.39 is 0 Å². The Morgan fingerprint density at radius 1 is 2.00 bits per heavy atom. The Morgan fingerprint density at radius 3 is 2.83 bits per heavy atom. The van der Waals surface area contributed by atoms with E-state index in [4.69, 9.17) is 0 Å². The van der Waals surface area contributed by atoms with Gasteiger partial charge in [0.05, 0.1) is 11.7 Å². The smallest absolute Gasteiger partial charge is 0.0831 e. The first-order valence-corrected chi connectivity index (χ1v) is 2.21. The molecule has 0 fully saturated rings. The maximum absolute atomic E-state index is 4.27. The van der Waals surface area contributed by atoms with Crippen molar-refractivity contribution in [3.8, 4) is 0 Å². The summed E-state index contributed by atoms with van der Waals surface area (Å²) < 4.78 is 0. The highest BCUT2D eigenvalue weighted by Gasteiger charge is 1.66. The molecule has 0 heterocycles. The summed E-state index contributed by atoms with van der Waals surface area (Å²) in [6.45, 7) is 3.71. The number of hydrogen-bond donors (Lipinski definition) is 0. The fraction of sp³-hybridized carbons (Fsp3) is 0.500. The summed E-state index contributed by atoms with van der Waals surface area (Å²) in [5.41, 5.74) is 0. The van der Waals surface area contributed by atoms with Gasteiger partial charge in [0.2, 0.25) is 0 Å². The molecule has 0 N–H and O–H groups in total. The minimum atomic E-state index is 0.934. The van der Waals surface area contributed by atoms with Gasteiger partial charge >= 0.3 is 0 Å². The van der Waals surface area contributed by atoms with Gasteiger partial charge in [-0.1, -0.05) is 6.92 Å². The third kappa shape index (κ3) is 3.80. The Labute approximate surface area is 43.1 Å². The van der Waals surface area contributed by atoms with Crippen molar-refractivity contribution in [1.82, 2.24) is 0 Å². The zero-order chi connectivity index (χ0) is 4.83. The van der Waals surface area contributed by atoms with Gasteiger partial charge < -0.3 is 0 Å². The van der Waals surface area contributed by atoms with Crippen LogP contribution in [0, 0.1) is 6.54 Å². The molecule has 0 amide bonds. The van der Waals surface area contributed by atoms with E-state index in [2.05, 4.69) is 22.4 Å². The van der Waals surface area contributed by atoms with Gasteiger partial charge in [-0.15, -0.1) is 0 Å². The molecule has 33 valence electrons. The molecule has 1 radical (unpaired) electrons. The zero-order valence-electron chi connectivity index (χ0n) is 3.64. The molecule has 0 aliphatic carbocycles. The fourth-order valence-corrected chi connectivity index (χ4v) is 0.203. The summed E-state index contributed by atoms with van der Waals surface area (Å²) in [6, 6.07) is 0. The van der Waals surface area contributed by atoms with Crippen LogP contribution in [0.4, 0.5) is 0 Å². The van der Waals surface area contributed by atoms with Crippen LogP contribution in [0.1, 0.15) is 13.3 Å². The van der Waals surface area contributed by atoms with Gasteiger partial charge in [-0.05, 0) is 18.6 Å². The molecule has 0 unspecified atom stereocenters. The Hall–Kier alpha value is -0.200. The second-order valence-corrected chi connectivity index (χ2v) is 0.994. The molecule has 0 bridgehead atoms. The Balaban J connectivity index is 2.86. The van der Waals surface area contributed by atoms with Crippen molar-refractivity contribution in [2.75, 3.05) is 0 Å². The Bertz CT molecular complexity index is 63.9. The zero-order valence-corrected chi connectivity index (χ0v) is 4.46. The van der Waals surface area contributed by atoms with E-state index in [9.17, 15) is 0 Å². The summed E-state index contributed by atoms with van der Waals surface area (Å²) in [4.78, 5) is 3.53. The average molecular weight is 100 g/mol. The standard InChI is InChI=1S/C4H6NS/c1-2-3-5-4-6/h3H,2H2,1H3. The molecule has 0 saturated carbocycles. The van der Waals surface area contributed by atoms with Crippen LogP contribution in [-0.4, -0.2) is 5.16 Å². The Morgan fingerprint density at radius 2 is 2.67 bits per heavy atom. The molecule has 0 aromatic heterocycles. The minimum Gasteiger partial charge on any atom is -0.227 e. The van der Waals surface area contributed by atoms with Gasteiger partial charge in [-0.25, -0.2) is 4.99 Å². The van der Waals surface area contributed by atoms with E-state index in [0.29, 0.717) is 0 Å². The third-order valence-corrected chi connectivity index (χ3v) is 0.432. The van der Waals surface area contributed by atoms with Crippen LogP contribution < -0.4 is 0 Å². The van der Waals surface area contributed by atoms with Crippen molar-refractivity contribution >= 4 is 17.4 Å². The first-order chi connectivity index (χ1) is 2.91. The average Bonchev–Trinajstić information content (AvgIpc) is 1.61. The van der Waals surface area contributed by atoms with E-state index in [-0.39, 0.29) is 0 Å². The number of hydrogen-bond acceptors (Lipinski definition) is 2. The Kier molecular flexibility index (Phi) is 4.64. The minimum absolute atomic E-state index is 0.934. The van der Waals surface area contributed by atoms with Crippen LogP contribution in [0.5, 0.6) is 0 Å². The van der Waals surface area contributed by atoms with E-state index in [0.717, 1.165) is 6.42 Å². The second kappa shape index (κ2) is 4.80. The van der Waals surface area contributed by atoms with Crippen molar-refractivity contribution in [3.63, 3.8) is 0 Å². The maximum atomic E-state index is 4.27. The molecule has 0 aliphatic rings. The highest BCUT2D eigenvalue weighted by molar-refractivity contribution is 7.78. The summed E-state index contributed by atoms with van der Waals surface area (Å²) in [5.74, 6) is 0. The lowest BCUT2D eigenvalue weighted by molar-refractivity contribution is 1.07. The molecule has 0 saturated heterocycles. The van der Waals surface area contributed by atoms with Gasteiger partial charge in [-0.2, -0.15) is 0 Å². The molecule has 1 nitrogen and oxygen atoms in total. The lowest BCUT2D eigenvalue weighted by atomic mass is 10.5. The van der Waals surface area contributed by atoms with E-state index >= 15 is 0 Å². The maximum Gasteiger partial charge on any atom is 0.0831 e. The van der Waals surface area contributed by atoms with Crippen molar-refractivity contribution < 1.29 is 0 Å². The normalized spacial score (nSPS) is 6.83. The lowest BCUT2D eigenvalue weighted by Crippen LogP contribution is -1.57. The quantitative estimate of drug-likeness (QED) is 0.379. The van der Waals surface area contributed by atoms with E-state index in [1.807, 2.05) is 6.92 Å². The summed E-state index contributed by atoms with van der Waals surface area (Å²) in [5, 5.41) is 2.22. The van der Waals surface area contributed by atoms with Crippen LogP contribution in [0.3, 0.4) is 0 Å². The first kappa shape index (κ1) is 5.80. The molecule has 0 spiro atoms. The molecular formula is C4H6NS. The SMILES string of the molecule is CC[CH]N=C=S. The van der Waals surface area contributed by atoms with Crippen molar-refractivity contribution in [2.24, 2.45) is 4.99 Å². The molecule has 2 heteroatoms. The lowest BCUT2D eigenvalue weighted by Gasteiger charge is -1.71. The fourth-order valence-electron chi connectivity index (χ4n) is 0.129. The summed E-state index contributed by atoms with van der Waals surface area (Å²) >= 11 is 4.27. The van der Waals surface area contributed by atoms with Gasteiger partial charge in [0.1, 0.15) is 0 Å². The highest BCUT2D eigenvalue weighted by Crippen LogP contribution is 1.80. The molecule has 0 atom stereocenters. The topological polar surface area (TPSA) is 12.4 Å². The number of isothiocyanates is 1. The van der Waals surface area contributed by atoms with Gasteiger partial charge in [0.25, 0.3) is 0 Å². The second-order valence-electron chi connectivity index (χ2n) is 0.811. The number of rotatable bonds is 2. The van der Waals surface area contributed by atoms with E-state index in [1.54, 1.807) is 6.54 Å². The van der Waals surface area contributed by atoms with Crippen LogP contribution in [0.25, 0.3) is 0 Å².